The van der Waals surface area contributed by atoms with E-state index in [4.69, 9.17) is 10.5 Å². The van der Waals surface area contributed by atoms with Gasteiger partial charge in [0.05, 0.1) is 11.1 Å². The fourth-order valence-corrected chi connectivity index (χ4v) is 2.10. The Bertz CT molecular complexity index is 341. The molecule has 1 rings (SSSR count). The maximum absolute atomic E-state index is 5.84. The van der Waals surface area contributed by atoms with Crippen molar-refractivity contribution >= 4 is 21.6 Å². The Labute approximate surface area is 113 Å². The highest BCUT2D eigenvalue weighted by Crippen LogP contribution is 2.28. The zero-order chi connectivity index (χ0) is 12.7. The molecule has 0 aliphatic heterocycles. The molecule has 96 valence electrons. The van der Waals surface area contributed by atoms with Gasteiger partial charge in [-0.15, -0.1) is 0 Å². The minimum Gasteiger partial charge on any atom is -0.492 e. The van der Waals surface area contributed by atoms with Crippen LogP contribution in [-0.2, 0) is 0 Å². The average molecular weight is 300 g/mol. The molecule has 0 fully saturated rings. The van der Waals surface area contributed by atoms with Gasteiger partial charge >= 0.3 is 0 Å². The monoisotopic (exact) mass is 299 g/mol. The van der Waals surface area contributed by atoms with Crippen LogP contribution in [0.5, 0.6) is 5.75 Å². The smallest absolute Gasteiger partial charge is 0.135 e. The lowest BCUT2D eigenvalue weighted by molar-refractivity contribution is 0.232. The predicted octanol–water partition coefficient (Wildman–Crippen LogP) is 4.63. The Morgan fingerprint density at radius 3 is 2.76 bits per heavy atom. The normalized spacial score (nSPS) is 12.4. The van der Waals surface area contributed by atoms with Crippen molar-refractivity contribution in [3.63, 3.8) is 0 Å². The van der Waals surface area contributed by atoms with Crippen LogP contribution < -0.4 is 10.5 Å². The Balaban J connectivity index is 2.50. The Hall–Kier alpha value is -0.700. The van der Waals surface area contributed by atoms with Gasteiger partial charge in [-0.25, -0.2) is 0 Å². The highest BCUT2D eigenvalue weighted by molar-refractivity contribution is 9.10. The summed E-state index contributed by atoms with van der Waals surface area (Å²) < 4.78 is 6.81. The third kappa shape index (κ3) is 4.99. The van der Waals surface area contributed by atoms with Crippen LogP contribution >= 0.6 is 15.9 Å². The van der Waals surface area contributed by atoms with Crippen LogP contribution in [0, 0.1) is 5.92 Å². The molecule has 0 spiro atoms. The number of nitrogens with two attached hydrogens (primary N) is 1. The summed E-state index contributed by atoms with van der Waals surface area (Å²) in [4.78, 5) is 0. The van der Waals surface area contributed by atoms with E-state index in [0.29, 0.717) is 5.92 Å². The van der Waals surface area contributed by atoms with Crippen LogP contribution in [-0.4, -0.2) is 6.61 Å². The standard InChI is InChI=1S/C14H22BrNO/c1-3-5-6-11(4-2)10-17-14-9-12(16)7-8-13(14)15/h7-9,11H,3-6,10,16H2,1-2H3. The Morgan fingerprint density at radius 1 is 1.35 bits per heavy atom. The largest absolute Gasteiger partial charge is 0.492 e. The number of unbranched alkanes of at least 4 members (excludes halogenated alkanes) is 1. The summed E-state index contributed by atoms with van der Waals surface area (Å²) in [5.41, 5.74) is 6.49. The van der Waals surface area contributed by atoms with E-state index in [1.165, 1.54) is 25.7 Å². The van der Waals surface area contributed by atoms with Crippen LogP contribution in [0.1, 0.15) is 39.5 Å². The number of hydrogen-bond acceptors (Lipinski definition) is 2. The highest BCUT2D eigenvalue weighted by Gasteiger charge is 2.08. The van der Waals surface area contributed by atoms with Gasteiger partial charge in [-0.3, -0.25) is 0 Å². The zero-order valence-electron chi connectivity index (χ0n) is 10.7. The second kappa shape index (κ2) is 7.59. The molecular formula is C14H22BrNO. The molecule has 0 aliphatic rings. The van der Waals surface area contributed by atoms with Crippen LogP contribution in [0.25, 0.3) is 0 Å². The van der Waals surface area contributed by atoms with E-state index < -0.39 is 0 Å². The van der Waals surface area contributed by atoms with Crippen molar-refractivity contribution in [2.75, 3.05) is 12.3 Å². The first-order valence-electron chi connectivity index (χ1n) is 6.35. The van der Waals surface area contributed by atoms with Gasteiger partial charge in [-0.05, 0) is 40.4 Å². The van der Waals surface area contributed by atoms with Crippen LogP contribution in [0.4, 0.5) is 5.69 Å². The number of ether oxygens (including phenoxy) is 1. The summed E-state index contributed by atoms with van der Waals surface area (Å²) in [7, 11) is 0. The van der Waals surface area contributed by atoms with Crippen LogP contribution in [0.3, 0.4) is 0 Å². The second-order valence-corrected chi connectivity index (χ2v) is 5.27. The van der Waals surface area contributed by atoms with Gasteiger partial charge in [0.25, 0.3) is 0 Å². The van der Waals surface area contributed by atoms with E-state index in [1.807, 2.05) is 18.2 Å². The van der Waals surface area contributed by atoms with Crippen LogP contribution in [0.15, 0.2) is 22.7 Å². The fourth-order valence-electron chi connectivity index (χ4n) is 1.74. The summed E-state index contributed by atoms with van der Waals surface area (Å²) in [6, 6.07) is 5.67. The lowest BCUT2D eigenvalue weighted by Crippen LogP contribution is -2.11. The molecule has 3 heteroatoms. The van der Waals surface area contributed by atoms with E-state index in [9.17, 15) is 0 Å². The summed E-state index contributed by atoms with van der Waals surface area (Å²) in [5, 5.41) is 0. The molecule has 0 amide bonds. The quantitative estimate of drug-likeness (QED) is 0.745. The predicted molar refractivity (Wildman–Crippen MR) is 77.4 cm³/mol. The van der Waals surface area contributed by atoms with E-state index in [1.54, 1.807) is 0 Å². The Kier molecular flexibility index (Phi) is 6.41. The van der Waals surface area contributed by atoms with Crippen molar-refractivity contribution < 1.29 is 4.74 Å². The number of benzene rings is 1. The molecule has 0 bridgehead atoms. The maximum Gasteiger partial charge on any atom is 0.135 e. The van der Waals surface area contributed by atoms with Gasteiger partial charge in [0.1, 0.15) is 5.75 Å². The topological polar surface area (TPSA) is 35.2 Å². The molecule has 1 unspecified atom stereocenters. The van der Waals surface area contributed by atoms with Crippen molar-refractivity contribution in [1.29, 1.82) is 0 Å². The average Bonchev–Trinajstić information content (AvgIpc) is 2.33. The summed E-state index contributed by atoms with van der Waals surface area (Å²) in [6.07, 6.45) is 4.94. The molecule has 0 aliphatic carbocycles. The lowest BCUT2D eigenvalue weighted by Gasteiger charge is -2.16. The SMILES string of the molecule is CCCCC(CC)COc1cc(N)ccc1Br. The number of hydrogen-bond donors (Lipinski definition) is 1. The summed E-state index contributed by atoms with van der Waals surface area (Å²) >= 11 is 3.47. The van der Waals surface area contributed by atoms with Gasteiger partial charge < -0.3 is 10.5 Å². The van der Waals surface area contributed by atoms with E-state index >= 15 is 0 Å². The first kappa shape index (κ1) is 14.4. The van der Waals surface area contributed by atoms with E-state index in [0.717, 1.165) is 22.5 Å². The van der Waals surface area contributed by atoms with E-state index in [2.05, 4.69) is 29.8 Å². The van der Waals surface area contributed by atoms with Gasteiger partial charge in [0.15, 0.2) is 0 Å². The molecule has 2 nitrogen and oxygen atoms in total. The maximum atomic E-state index is 5.84. The molecular weight excluding hydrogens is 278 g/mol. The van der Waals surface area contributed by atoms with Crippen molar-refractivity contribution in [3.05, 3.63) is 22.7 Å². The Morgan fingerprint density at radius 2 is 2.12 bits per heavy atom. The van der Waals surface area contributed by atoms with Crippen molar-refractivity contribution in [2.45, 2.75) is 39.5 Å². The number of anilines is 1. The molecule has 2 N–H and O–H groups in total. The molecule has 1 aromatic rings. The number of halogens is 1. The van der Waals surface area contributed by atoms with Crippen LogP contribution in [0.2, 0.25) is 0 Å². The van der Waals surface area contributed by atoms with Crippen molar-refractivity contribution in [3.8, 4) is 5.75 Å². The second-order valence-electron chi connectivity index (χ2n) is 4.42. The summed E-state index contributed by atoms with van der Waals surface area (Å²) in [5.74, 6) is 1.49. The van der Waals surface area contributed by atoms with Crippen molar-refractivity contribution in [2.24, 2.45) is 5.92 Å². The molecule has 17 heavy (non-hydrogen) atoms. The van der Waals surface area contributed by atoms with Gasteiger partial charge in [0, 0.05) is 11.8 Å². The van der Waals surface area contributed by atoms with E-state index in [-0.39, 0.29) is 0 Å². The summed E-state index contributed by atoms with van der Waals surface area (Å²) in [6.45, 7) is 5.22. The highest BCUT2D eigenvalue weighted by atomic mass is 79.9. The lowest BCUT2D eigenvalue weighted by atomic mass is 10.0. The molecule has 0 radical (unpaired) electrons. The zero-order valence-corrected chi connectivity index (χ0v) is 12.3. The number of rotatable bonds is 7. The third-order valence-corrected chi connectivity index (χ3v) is 3.63. The molecule has 0 saturated heterocycles. The molecule has 1 atom stereocenters. The van der Waals surface area contributed by atoms with Gasteiger partial charge in [0.2, 0.25) is 0 Å². The minimum atomic E-state index is 0.642. The fraction of sp³-hybridized carbons (Fsp3) is 0.571. The number of nitrogen functional groups attached to an aromatic ring is 1. The first-order valence-corrected chi connectivity index (χ1v) is 7.14. The van der Waals surface area contributed by atoms with Gasteiger partial charge in [-0.2, -0.15) is 0 Å². The molecule has 0 heterocycles. The molecule has 0 aromatic heterocycles. The van der Waals surface area contributed by atoms with Gasteiger partial charge in [-0.1, -0.05) is 33.1 Å². The molecule has 1 aromatic carbocycles. The minimum absolute atomic E-state index is 0.642. The van der Waals surface area contributed by atoms with Crippen molar-refractivity contribution in [1.82, 2.24) is 0 Å². The third-order valence-electron chi connectivity index (χ3n) is 2.97. The first-order chi connectivity index (χ1) is 8.17. The molecule has 0 saturated carbocycles.